The van der Waals surface area contributed by atoms with Crippen molar-refractivity contribution in [1.29, 1.82) is 0 Å². The minimum atomic E-state index is -4.42. The summed E-state index contributed by atoms with van der Waals surface area (Å²) in [5.74, 6) is -0.444. The van der Waals surface area contributed by atoms with E-state index in [0.29, 0.717) is 5.56 Å². The zero-order valence-electron chi connectivity index (χ0n) is 9.85. The normalized spacial score (nSPS) is 23.7. The quantitative estimate of drug-likeness (QED) is 0.822. The summed E-state index contributed by atoms with van der Waals surface area (Å²) in [7, 11) is 0. The van der Waals surface area contributed by atoms with E-state index in [4.69, 9.17) is 5.73 Å². The molecule has 1 amide bonds. The number of nitrogens with two attached hydrogens (primary N) is 1. The molecule has 2 atom stereocenters. The van der Waals surface area contributed by atoms with Crippen molar-refractivity contribution < 1.29 is 23.1 Å². The molecule has 2 rings (SSSR count). The Bertz CT molecular complexity index is 490. The molecule has 0 bridgehead atoms. The Morgan fingerprint density at radius 3 is 2.58 bits per heavy atom. The molecule has 1 saturated heterocycles. The Hall–Kier alpha value is -1.76. The number of alkyl halides is 3. The number of carbonyl (C=O) groups excluding carboxylic acids is 1. The van der Waals surface area contributed by atoms with Crippen LogP contribution in [-0.4, -0.2) is 30.1 Å². The molecule has 7 heteroatoms. The molecule has 0 saturated carbocycles. The monoisotopic (exact) mass is 273 g/mol. The van der Waals surface area contributed by atoms with Gasteiger partial charge in [-0.25, -0.2) is 0 Å². The summed E-state index contributed by atoms with van der Waals surface area (Å²) in [6.07, 6.45) is -5.78. The molecular weight excluding hydrogens is 261 g/mol. The minimum absolute atomic E-state index is 0.0603. The topological polar surface area (TPSA) is 69.4 Å². The van der Waals surface area contributed by atoms with Crippen molar-refractivity contribution in [1.82, 2.24) is 4.90 Å². The predicted octanol–water partition coefficient (Wildman–Crippen LogP) is 0.775. The second-order valence-electron chi connectivity index (χ2n) is 4.56. The third kappa shape index (κ3) is 2.81. The number of nitrogens with zero attached hydrogens (tertiary/aromatic N) is 1. The zero-order chi connectivity index (χ0) is 14.2. The van der Waals surface area contributed by atoms with Gasteiger partial charge < -0.3 is 20.5 Å². The van der Waals surface area contributed by atoms with Gasteiger partial charge in [0.15, 0.2) is 0 Å². The summed E-state index contributed by atoms with van der Waals surface area (Å²) in [5.41, 5.74) is 5.42. The van der Waals surface area contributed by atoms with Crippen LogP contribution in [0.1, 0.15) is 17.0 Å². The highest BCUT2D eigenvalue weighted by Gasteiger charge is 2.34. The number of rotatable bonds is 1. The van der Waals surface area contributed by atoms with Crippen LogP contribution in [0, 0.1) is 0 Å². The van der Waals surface area contributed by atoms with E-state index >= 15 is 0 Å². The summed E-state index contributed by atoms with van der Waals surface area (Å²) < 4.78 is 37.8. The third-order valence-electron chi connectivity index (χ3n) is 3.27. The largest absolute Gasteiger partial charge is 0.530 e. The van der Waals surface area contributed by atoms with E-state index in [1.54, 1.807) is 0 Å². The van der Waals surface area contributed by atoms with Gasteiger partial charge >= 0.3 is 6.18 Å². The maximum Gasteiger partial charge on any atom is 0.416 e. The molecule has 1 fully saturated rings. The van der Waals surface area contributed by atoms with Crippen molar-refractivity contribution in [2.75, 3.05) is 13.1 Å². The lowest BCUT2D eigenvalue weighted by atomic mass is 9.93. The smallest absolute Gasteiger partial charge is 0.416 e. The maximum absolute atomic E-state index is 12.6. The average molecular weight is 273 g/mol. The van der Waals surface area contributed by atoms with E-state index in [2.05, 4.69) is 0 Å². The number of hydrogen-bond acceptors (Lipinski definition) is 3. The lowest BCUT2D eigenvalue weighted by Crippen LogP contribution is -2.40. The van der Waals surface area contributed by atoms with Gasteiger partial charge in [0, 0.05) is 25.0 Å². The van der Waals surface area contributed by atoms with E-state index in [1.807, 2.05) is 0 Å². The number of hydrogen-bond donors (Lipinski definition) is 1. The van der Waals surface area contributed by atoms with Crippen LogP contribution in [0.4, 0.5) is 18.0 Å². The van der Waals surface area contributed by atoms with Crippen LogP contribution < -0.4 is 10.8 Å². The van der Waals surface area contributed by atoms with E-state index in [0.717, 1.165) is 17.0 Å². The highest BCUT2D eigenvalue weighted by atomic mass is 19.4. The molecule has 0 aliphatic carbocycles. The molecule has 1 aliphatic heterocycles. The molecule has 1 aromatic carbocycles. The molecule has 1 aromatic rings. The SMILES string of the molecule is NC1CN(C(=O)[O-])CC1c1cccc(C(F)(F)F)c1. The summed E-state index contributed by atoms with van der Waals surface area (Å²) in [6, 6.07) is 4.29. The molecule has 0 spiro atoms. The molecule has 19 heavy (non-hydrogen) atoms. The summed E-state index contributed by atoms with van der Waals surface area (Å²) in [4.78, 5) is 11.7. The molecule has 0 radical (unpaired) electrons. The highest BCUT2D eigenvalue weighted by Crippen LogP contribution is 2.33. The van der Waals surface area contributed by atoms with E-state index in [-0.39, 0.29) is 13.1 Å². The number of halogens is 3. The van der Waals surface area contributed by atoms with Gasteiger partial charge in [0.25, 0.3) is 0 Å². The number of carboxylic acid groups (broad SMARTS) is 1. The Balaban J connectivity index is 2.25. The lowest BCUT2D eigenvalue weighted by molar-refractivity contribution is -0.264. The van der Waals surface area contributed by atoms with Crippen molar-refractivity contribution in [3.8, 4) is 0 Å². The van der Waals surface area contributed by atoms with Crippen molar-refractivity contribution in [2.24, 2.45) is 5.73 Å². The first-order valence-electron chi connectivity index (χ1n) is 5.67. The molecule has 4 nitrogen and oxygen atoms in total. The van der Waals surface area contributed by atoms with E-state index in [9.17, 15) is 23.1 Å². The average Bonchev–Trinajstić information content (AvgIpc) is 2.71. The van der Waals surface area contributed by atoms with Crippen LogP contribution in [-0.2, 0) is 6.18 Å². The van der Waals surface area contributed by atoms with Gasteiger partial charge in [0.05, 0.1) is 5.56 Å². The molecule has 0 aromatic heterocycles. The number of amides is 1. The van der Waals surface area contributed by atoms with Crippen LogP contribution >= 0.6 is 0 Å². The maximum atomic E-state index is 12.6. The van der Waals surface area contributed by atoms with E-state index in [1.165, 1.54) is 12.1 Å². The molecular formula is C12H12F3N2O2-. The van der Waals surface area contributed by atoms with Crippen molar-refractivity contribution in [3.63, 3.8) is 0 Å². The Kier molecular flexibility index (Phi) is 3.40. The predicted molar refractivity (Wildman–Crippen MR) is 59.1 cm³/mol. The lowest BCUT2D eigenvalue weighted by Gasteiger charge is -2.18. The minimum Gasteiger partial charge on any atom is -0.530 e. The second kappa shape index (κ2) is 4.73. The third-order valence-corrected chi connectivity index (χ3v) is 3.27. The van der Waals surface area contributed by atoms with Crippen molar-refractivity contribution >= 4 is 6.09 Å². The first-order chi connectivity index (χ1) is 8.79. The van der Waals surface area contributed by atoms with Crippen molar-refractivity contribution in [3.05, 3.63) is 35.4 Å². The van der Waals surface area contributed by atoms with Gasteiger partial charge in [-0.1, -0.05) is 18.2 Å². The number of carbonyl (C=O) groups is 1. The molecule has 1 aliphatic rings. The number of benzene rings is 1. The van der Waals surface area contributed by atoms with Crippen molar-refractivity contribution in [2.45, 2.75) is 18.1 Å². The van der Waals surface area contributed by atoms with Gasteiger partial charge in [0.1, 0.15) is 6.09 Å². The summed E-state index contributed by atoms with van der Waals surface area (Å²) >= 11 is 0. The highest BCUT2D eigenvalue weighted by molar-refractivity contribution is 5.63. The zero-order valence-corrected chi connectivity index (χ0v) is 9.85. The number of likely N-dealkylation sites (tertiary alicyclic amines) is 1. The van der Waals surface area contributed by atoms with Gasteiger partial charge in [-0.15, -0.1) is 0 Å². The Morgan fingerprint density at radius 1 is 1.37 bits per heavy atom. The van der Waals surface area contributed by atoms with Crippen LogP contribution in [0.3, 0.4) is 0 Å². The Labute approximate surface area is 107 Å². The molecule has 104 valence electrons. The van der Waals surface area contributed by atoms with Crippen LogP contribution in [0.15, 0.2) is 24.3 Å². The van der Waals surface area contributed by atoms with Crippen LogP contribution in [0.5, 0.6) is 0 Å². The van der Waals surface area contributed by atoms with Crippen LogP contribution in [0.25, 0.3) is 0 Å². The standard InChI is InChI=1S/C12H13F3N2O2/c13-12(14,15)8-3-1-2-7(4-8)9-5-17(11(18)19)6-10(9)16/h1-4,9-10H,5-6,16H2,(H,18,19)/p-1. The summed E-state index contributed by atoms with van der Waals surface area (Å²) in [6.45, 7) is 0.133. The molecule has 2 N–H and O–H groups in total. The fourth-order valence-corrected chi connectivity index (χ4v) is 2.28. The summed E-state index contributed by atoms with van der Waals surface area (Å²) in [5, 5.41) is 10.7. The van der Waals surface area contributed by atoms with Gasteiger partial charge in [-0.2, -0.15) is 13.2 Å². The van der Waals surface area contributed by atoms with Gasteiger partial charge in [-0.3, -0.25) is 0 Å². The Morgan fingerprint density at radius 2 is 2.05 bits per heavy atom. The fourth-order valence-electron chi connectivity index (χ4n) is 2.28. The second-order valence-corrected chi connectivity index (χ2v) is 4.56. The van der Waals surface area contributed by atoms with Crippen LogP contribution in [0.2, 0.25) is 0 Å². The first-order valence-corrected chi connectivity index (χ1v) is 5.67. The molecule has 1 heterocycles. The van der Waals surface area contributed by atoms with Gasteiger partial charge in [0.2, 0.25) is 0 Å². The molecule has 2 unspecified atom stereocenters. The first kappa shape index (κ1) is 13.7. The fraction of sp³-hybridized carbons (Fsp3) is 0.417. The van der Waals surface area contributed by atoms with E-state index < -0.39 is 29.8 Å². The van der Waals surface area contributed by atoms with Gasteiger partial charge in [-0.05, 0) is 11.6 Å².